The van der Waals surface area contributed by atoms with E-state index in [2.05, 4.69) is 33.0 Å². The van der Waals surface area contributed by atoms with Crippen LogP contribution in [0.2, 0.25) is 0 Å². The van der Waals surface area contributed by atoms with Crippen LogP contribution in [0.4, 0.5) is 0 Å². The average molecular weight is 263 g/mol. The Hall–Kier alpha value is -0.0900. The third-order valence-corrected chi connectivity index (χ3v) is 4.62. The summed E-state index contributed by atoms with van der Waals surface area (Å²) in [7, 11) is -2.80. The van der Waals surface area contributed by atoms with Crippen molar-refractivity contribution < 1.29 is 8.42 Å². The highest BCUT2D eigenvalue weighted by Crippen LogP contribution is 2.10. The second-order valence-electron chi connectivity index (χ2n) is 6.01. The highest BCUT2D eigenvalue weighted by molar-refractivity contribution is 7.91. The molecule has 0 radical (unpaired) electrons. The molecule has 0 heterocycles. The molecule has 0 spiro atoms. The summed E-state index contributed by atoms with van der Waals surface area (Å²) in [5.74, 6) is 1.15. The molecule has 1 atom stereocenters. The standard InChI is InChI=1S/C13H29NO2S/c1-6-10-17(15,16)11-8-12(2)7-9-14-13(3,4)5/h12,14H,6-11H2,1-5H3. The molecular formula is C13H29NO2S. The van der Waals surface area contributed by atoms with Crippen LogP contribution < -0.4 is 5.32 Å². The molecule has 0 aromatic carbocycles. The molecule has 0 aliphatic carbocycles. The van der Waals surface area contributed by atoms with Gasteiger partial charge in [0.25, 0.3) is 0 Å². The summed E-state index contributed by atoms with van der Waals surface area (Å²) in [4.78, 5) is 0. The van der Waals surface area contributed by atoms with Crippen molar-refractivity contribution in [2.24, 2.45) is 5.92 Å². The molecule has 0 aliphatic rings. The molecule has 3 nitrogen and oxygen atoms in total. The monoisotopic (exact) mass is 263 g/mol. The van der Waals surface area contributed by atoms with E-state index in [1.807, 2.05) is 6.92 Å². The Kier molecular flexibility index (Phi) is 7.33. The Morgan fingerprint density at radius 1 is 1.12 bits per heavy atom. The molecule has 0 rings (SSSR count). The lowest BCUT2D eigenvalue weighted by Crippen LogP contribution is -2.37. The van der Waals surface area contributed by atoms with E-state index in [9.17, 15) is 8.42 Å². The van der Waals surface area contributed by atoms with Gasteiger partial charge in [-0.2, -0.15) is 0 Å². The third-order valence-electron chi connectivity index (χ3n) is 2.73. The second-order valence-corrected chi connectivity index (χ2v) is 8.31. The minimum atomic E-state index is -2.80. The van der Waals surface area contributed by atoms with E-state index in [0.717, 1.165) is 25.8 Å². The number of hydrogen-bond donors (Lipinski definition) is 1. The highest BCUT2D eigenvalue weighted by atomic mass is 32.2. The van der Waals surface area contributed by atoms with Gasteiger partial charge < -0.3 is 5.32 Å². The fourth-order valence-electron chi connectivity index (χ4n) is 1.63. The molecule has 0 aromatic rings. The molecule has 1 unspecified atom stereocenters. The number of sulfone groups is 1. The van der Waals surface area contributed by atoms with Crippen LogP contribution in [0.25, 0.3) is 0 Å². The van der Waals surface area contributed by atoms with Crippen molar-refractivity contribution in [3.05, 3.63) is 0 Å². The van der Waals surface area contributed by atoms with Gasteiger partial charge in [0.1, 0.15) is 9.84 Å². The largest absolute Gasteiger partial charge is 0.312 e. The first kappa shape index (κ1) is 16.9. The smallest absolute Gasteiger partial charge is 0.150 e. The topological polar surface area (TPSA) is 46.2 Å². The lowest BCUT2D eigenvalue weighted by Gasteiger charge is -2.21. The summed E-state index contributed by atoms with van der Waals surface area (Å²) in [6, 6.07) is 0. The Labute approximate surface area is 107 Å². The first-order chi connectivity index (χ1) is 7.66. The summed E-state index contributed by atoms with van der Waals surface area (Å²) >= 11 is 0. The van der Waals surface area contributed by atoms with E-state index < -0.39 is 9.84 Å². The van der Waals surface area contributed by atoms with Gasteiger partial charge in [-0.1, -0.05) is 13.8 Å². The van der Waals surface area contributed by atoms with Crippen molar-refractivity contribution in [2.75, 3.05) is 18.1 Å². The predicted molar refractivity (Wildman–Crippen MR) is 75.1 cm³/mol. The van der Waals surface area contributed by atoms with Gasteiger partial charge in [0.05, 0.1) is 5.75 Å². The molecule has 4 heteroatoms. The summed E-state index contributed by atoms with van der Waals surface area (Å²) in [6.45, 7) is 11.4. The molecule has 0 saturated heterocycles. The maximum absolute atomic E-state index is 11.6. The van der Waals surface area contributed by atoms with Crippen molar-refractivity contribution in [2.45, 2.75) is 59.4 Å². The first-order valence-corrected chi connectivity index (χ1v) is 8.44. The average Bonchev–Trinajstić information content (AvgIpc) is 2.13. The van der Waals surface area contributed by atoms with E-state index in [4.69, 9.17) is 0 Å². The minimum Gasteiger partial charge on any atom is -0.312 e. The third kappa shape index (κ3) is 10.8. The zero-order valence-electron chi connectivity index (χ0n) is 12.0. The number of nitrogens with one attached hydrogen (secondary N) is 1. The second kappa shape index (κ2) is 7.37. The molecule has 104 valence electrons. The van der Waals surface area contributed by atoms with Gasteiger partial charge in [0.15, 0.2) is 0 Å². The fourth-order valence-corrected chi connectivity index (χ4v) is 3.22. The van der Waals surface area contributed by atoms with Crippen molar-refractivity contribution in [3.8, 4) is 0 Å². The van der Waals surface area contributed by atoms with Crippen molar-refractivity contribution in [1.82, 2.24) is 5.32 Å². The normalized spacial score (nSPS) is 14.9. The Morgan fingerprint density at radius 2 is 1.71 bits per heavy atom. The van der Waals surface area contributed by atoms with E-state index in [0.29, 0.717) is 17.4 Å². The Morgan fingerprint density at radius 3 is 2.18 bits per heavy atom. The van der Waals surface area contributed by atoms with Gasteiger partial charge in [-0.3, -0.25) is 0 Å². The van der Waals surface area contributed by atoms with Crippen LogP contribution >= 0.6 is 0 Å². The van der Waals surface area contributed by atoms with Crippen molar-refractivity contribution in [1.29, 1.82) is 0 Å². The maximum Gasteiger partial charge on any atom is 0.150 e. The molecule has 17 heavy (non-hydrogen) atoms. The van der Waals surface area contributed by atoms with Crippen molar-refractivity contribution in [3.63, 3.8) is 0 Å². The van der Waals surface area contributed by atoms with Crippen LogP contribution in [0, 0.1) is 5.92 Å². The quantitative estimate of drug-likeness (QED) is 0.732. The lowest BCUT2D eigenvalue weighted by molar-refractivity contribution is 0.391. The summed E-state index contributed by atoms with van der Waals surface area (Å²) in [5, 5.41) is 3.43. The molecule has 0 bridgehead atoms. The molecule has 0 fully saturated rings. The van der Waals surface area contributed by atoms with Crippen LogP contribution in [0.5, 0.6) is 0 Å². The van der Waals surface area contributed by atoms with E-state index in [1.54, 1.807) is 0 Å². The van der Waals surface area contributed by atoms with Gasteiger partial charge in [0, 0.05) is 11.3 Å². The van der Waals surface area contributed by atoms with Gasteiger partial charge in [-0.05, 0) is 52.5 Å². The Balaban J connectivity index is 3.77. The van der Waals surface area contributed by atoms with Crippen LogP contribution in [0.15, 0.2) is 0 Å². The maximum atomic E-state index is 11.6. The van der Waals surface area contributed by atoms with Crippen LogP contribution in [0.3, 0.4) is 0 Å². The summed E-state index contributed by atoms with van der Waals surface area (Å²) < 4.78 is 23.1. The fraction of sp³-hybridized carbons (Fsp3) is 1.00. The zero-order valence-corrected chi connectivity index (χ0v) is 12.9. The molecule has 0 amide bonds. The van der Waals surface area contributed by atoms with E-state index >= 15 is 0 Å². The summed E-state index contributed by atoms with van der Waals surface area (Å²) in [5.41, 5.74) is 0.147. The Bertz CT molecular complexity index is 291. The minimum absolute atomic E-state index is 0.147. The van der Waals surface area contributed by atoms with E-state index in [-0.39, 0.29) is 5.54 Å². The van der Waals surface area contributed by atoms with Gasteiger partial charge in [-0.15, -0.1) is 0 Å². The van der Waals surface area contributed by atoms with Crippen molar-refractivity contribution >= 4 is 9.84 Å². The van der Waals surface area contributed by atoms with Crippen LogP contribution in [0.1, 0.15) is 53.9 Å². The number of rotatable bonds is 8. The molecule has 1 N–H and O–H groups in total. The number of hydrogen-bond acceptors (Lipinski definition) is 3. The highest BCUT2D eigenvalue weighted by Gasteiger charge is 2.13. The van der Waals surface area contributed by atoms with Gasteiger partial charge in [-0.25, -0.2) is 8.42 Å². The van der Waals surface area contributed by atoms with Crippen LogP contribution in [-0.2, 0) is 9.84 Å². The molecular weight excluding hydrogens is 234 g/mol. The molecule has 0 aromatic heterocycles. The van der Waals surface area contributed by atoms with Crippen LogP contribution in [-0.4, -0.2) is 32.0 Å². The van der Waals surface area contributed by atoms with Gasteiger partial charge in [0.2, 0.25) is 0 Å². The lowest BCUT2D eigenvalue weighted by atomic mass is 10.0. The summed E-state index contributed by atoms with van der Waals surface area (Å²) in [6.07, 6.45) is 2.55. The van der Waals surface area contributed by atoms with E-state index in [1.165, 1.54) is 0 Å². The van der Waals surface area contributed by atoms with Gasteiger partial charge >= 0.3 is 0 Å². The predicted octanol–water partition coefficient (Wildman–Crippen LogP) is 2.62. The molecule has 0 aliphatic heterocycles. The zero-order chi connectivity index (χ0) is 13.5. The molecule has 0 saturated carbocycles. The SMILES string of the molecule is CCCS(=O)(=O)CCC(C)CCNC(C)(C)C. The first-order valence-electron chi connectivity index (χ1n) is 6.62.